The predicted molar refractivity (Wildman–Crippen MR) is 49.2 cm³/mol. The van der Waals surface area contributed by atoms with E-state index in [1.54, 1.807) is 0 Å². The van der Waals surface area contributed by atoms with Crippen LogP contribution in [-0.4, -0.2) is 26.7 Å². The molecule has 1 aromatic rings. The summed E-state index contributed by atoms with van der Waals surface area (Å²) in [5.74, 6) is -0.236. The molecule has 0 spiro atoms. The lowest BCUT2D eigenvalue weighted by molar-refractivity contribution is -0.117. The maximum Gasteiger partial charge on any atom is 0.243 e. The number of hydrogen-bond donors (Lipinski definition) is 2. The molecule has 0 bridgehead atoms. The third kappa shape index (κ3) is 3.03. The largest absolute Gasteiger partial charge is 0.320 e. The number of aromatic nitrogens is 3. The van der Waals surface area contributed by atoms with Gasteiger partial charge in [-0.3, -0.25) is 10.1 Å². The fraction of sp³-hybridized carbons (Fsp3) is 0.667. The Morgan fingerprint density at radius 1 is 1.77 bits per heavy atom. The number of amides is 1. The van der Waals surface area contributed by atoms with Crippen molar-refractivity contribution in [1.29, 1.82) is 0 Å². The quantitative estimate of drug-likeness (QED) is 0.715. The van der Waals surface area contributed by atoms with Gasteiger partial charge in [0.15, 0.2) is 0 Å². The van der Waals surface area contributed by atoms with Gasteiger partial charge in [-0.05, 0) is 11.6 Å². The molecule has 1 amide bonds. The molecular formula is C6H11N5OS. The van der Waals surface area contributed by atoms with Crippen LogP contribution >= 0.6 is 11.5 Å². The standard InChI is InChI=1S/C6H11N5OS/c1-2-3-4(7)5(12)8-6-9-10-11-13-6/h4H,2-3,7H2,1H3,(H,8,9,11,12)/t4-/m1/s1. The van der Waals surface area contributed by atoms with Crippen molar-refractivity contribution >= 4 is 22.6 Å². The Morgan fingerprint density at radius 2 is 2.54 bits per heavy atom. The predicted octanol–water partition coefficient (Wildman–Crippen LogP) is -0.00100. The molecule has 6 nitrogen and oxygen atoms in total. The third-order valence-corrected chi connectivity index (χ3v) is 1.98. The molecule has 0 saturated heterocycles. The lowest BCUT2D eigenvalue weighted by Gasteiger charge is -2.07. The van der Waals surface area contributed by atoms with E-state index in [1.165, 1.54) is 0 Å². The summed E-state index contributed by atoms with van der Waals surface area (Å²) in [6, 6.07) is -0.478. The SMILES string of the molecule is CCC[C@@H](N)C(=O)Nc1nnns1. The highest BCUT2D eigenvalue weighted by Crippen LogP contribution is 2.05. The summed E-state index contributed by atoms with van der Waals surface area (Å²) in [6.45, 7) is 1.97. The lowest BCUT2D eigenvalue weighted by atomic mass is 10.2. The van der Waals surface area contributed by atoms with Crippen LogP contribution in [0.15, 0.2) is 0 Å². The van der Waals surface area contributed by atoms with Gasteiger partial charge in [0.25, 0.3) is 0 Å². The van der Waals surface area contributed by atoms with Crippen molar-refractivity contribution in [3.8, 4) is 0 Å². The molecule has 13 heavy (non-hydrogen) atoms. The van der Waals surface area contributed by atoms with E-state index in [9.17, 15) is 4.79 Å². The first-order valence-corrected chi connectivity index (χ1v) is 4.73. The van der Waals surface area contributed by atoms with Gasteiger partial charge in [-0.1, -0.05) is 22.9 Å². The van der Waals surface area contributed by atoms with E-state index in [0.717, 1.165) is 18.0 Å². The van der Waals surface area contributed by atoms with E-state index in [4.69, 9.17) is 5.73 Å². The molecule has 0 saturated carbocycles. The van der Waals surface area contributed by atoms with E-state index in [-0.39, 0.29) is 5.91 Å². The van der Waals surface area contributed by atoms with Gasteiger partial charge in [-0.25, -0.2) is 0 Å². The van der Waals surface area contributed by atoms with Gasteiger partial charge < -0.3 is 5.73 Å². The summed E-state index contributed by atoms with van der Waals surface area (Å²) in [6.07, 6.45) is 1.54. The summed E-state index contributed by atoms with van der Waals surface area (Å²) >= 11 is 1.03. The van der Waals surface area contributed by atoms with Gasteiger partial charge >= 0.3 is 0 Å². The molecule has 1 aromatic heterocycles. The van der Waals surface area contributed by atoms with Crippen molar-refractivity contribution in [2.75, 3.05) is 5.32 Å². The topological polar surface area (TPSA) is 93.8 Å². The summed E-state index contributed by atoms with van der Waals surface area (Å²) in [5.41, 5.74) is 5.57. The molecule has 0 fully saturated rings. The maximum absolute atomic E-state index is 11.3. The number of anilines is 1. The van der Waals surface area contributed by atoms with Crippen LogP contribution in [0.25, 0.3) is 0 Å². The summed E-state index contributed by atoms with van der Waals surface area (Å²) in [5, 5.41) is 9.82. The van der Waals surface area contributed by atoms with Gasteiger partial charge in [-0.15, -0.1) is 0 Å². The van der Waals surface area contributed by atoms with Crippen LogP contribution in [-0.2, 0) is 4.79 Å². The van der Waals surface area contributed by atoms with Gasteiger partial charge in [-0.2, -0.15) is 0 Å². The van der Waals surface area contributed by atoms with Gasteiger partial charge in [0.05, 0.1) is 6.04 Å². The molecule has 7 heteroatoms. The molecule has 72 valence electrons. The molecule has 3 N–H and O–H groups in total. The molecule has 0 aliphatic rings. The van der Waals surface area contributed by atoms with E-state index < -0.39 is 6.04 Å². The number of nitrogens with zero attached hydrogens (tertiary/aromatic N) is 3. The van der Waals surface area contributed by atoms with Crippen molar-refractivity contribution in [2.24, 2.45) is 5.73 Å². The molecule has 1 heterocycles. The lowest BCUT2D eigenvalue weighted by Crippen LogP contribution is -2.35. The first-order valence-electron chi connectivity index (χ1n) is 3.95. The van der Waals surface area contributed by atoms with Crippen LogP contribution in [0.2, 0.25) is 0 Å². The van der Waals surface area contributed by atoms with Crippen LogP contribution in [0.1, 0.15) is 19.8 Å². The number of rotatable bonds is 4. The molecule has 0 unspecified atom stereocenters. The fourth-order valence-electron chi connectivity index (χ4n) is 0.822. The third-order valence-electron chi connectivity index (χ3n) is 1.47. The van der Waals surface area contributed by atoms with Crippen molar-refractivity contribution < 1.29 is 4.79 Å². The highest BCUT2D eigenvalue weighted by atomic mass is 32.1. The molecule has 0 aliphatic heterocycles. The average molecular weight is 201 g/mol. The highest BCUT2D eigenvalue weighted by Gasteiger charge is 2.13. The number of hydrogen-bond acceptors (Lipinski definition) is 6. The Kier molecular flexibility index (Phi) is 3.71. The van der Waals surface area contributed by atoms with Crippen molar-refractivity contribution in [2.45, 2.75) is 25.8 Å². The van der Waals surface area contributed by atoms with Crippen molar-refractivity contribution in [1.82, 2.24) is 14.8 Å². The minimum Gasteiger partial charge on any atom is -0.320 e. The fourth-order valence-corrected chi connectivity index (χ4v) is 1.19. The Labute approximate surface area is 79.7 Å². The Balaban J connectivity index is 2.41. The minimum absolute atomic E-state index is 0.236. The van der Waals surface area contributed by atoms with E-state index >= 15 is 0 Å². The van der Waals surface area contributed by atoms with Crippen LogP contribution in [0, 0.1) is 0 Å². The van der Waals surface area contributed by atoms with Gasteiger partial charge in [0.2, 0.25) is 11.0 Å². The molecule has 0 radical (unpaired) electrons. The van der Waals surface area contributed by atoms with Crippen LogP contribution in [0.3, 0.4) is 0 Å². The first-order chi connectivity index (χ1) is 6.24. The molecular weight excluding hydrogens is 190 g/mol. The van der Waals surface area contributed by atoms with Crippen molar-refractivity contribution in [3.63, 3.8) is 0 Å². The van der Waals surface area contributed by atoms with Gasteiger partial charge in [0.1, 0.15) is 0 Å². The Hall–Kier alpha value is -1.08. The zero-order chi connectivity index (χ0) is 9.68. The van der Waals surface area contributed by atoms with E-state index in [1.807, 2.05) is 6.92 Å². The number of nitrogens with two attached hydrogens (primary N) is 1. The molecule has 0 aliphatic carbocycles. The Morgan fingerprint density at radius 3 is 3.08 bits per heavy atom. The second-order valence-corrected chi connectivity index (χ2v) is 3.28. The summed E-state index contributed by atoms with van der Waals surface area (Å²) in [4.78, 5) is 11.3. The second-order valence-electron chi connectivity index (χ2n) is 2.55. The average Bonchev–Trinajstić information content (AvgIpc) is 2.57. The second kappa shape index (κ2) is 4.83. The zero-order valence-corrected chi connectivity index (χ0v) is 8.04. The number of nitrogens with one attached hydrogen (secondary N) is 1. The number of carbonyl (C=O) groups excluding carboxylic acids is 1. The van der Waals surface area contributed by atoms with Crippen LogP contribution in [0.5, 0.6) is 0 Å². The highest BCUT2D eigenvalue weighted by molar-refractivity contribution is 7.09. The number of carbonyl (C=O) groups is 1. The van der Waals surface area contributed by atoms with E-state index in [0.29, 0.717) is 11.6 Å². The monoisotopic (exact) mass is 201 g/mol. The minimum atomic E-state index is -0.478. The Bertz CT molecular complexity index is 262. The van der Waals surface area contributed by atoms with Gasteiger partial charge in [0, 0.05) is 11.5 Å². The molecule has 1 atom stereocenters. The first kappa shape index (κ1) is 10.0. The van der Waals surface area contributed by atoms with E-state index in [2.05, 4.69) is 20.1 Å². The normalized spacial score (nSPS) is 12.5. The summed E-state index contributed by atoms with van der Waals surface area (Å²) in [7, 11) is 0. The van der Waals surface area contributed by atoms with Crippen LogP contribution in [0.4, 0.5) is 5.13 Å². The smallest absolute Gasteiger partial charge is 0.243 e. The molecule has 0 aromatic carbocycles. The zero-order valence-electron chi connectivity index (χ0n) is 7.23. The van der Waals surface area contributed by atoms with Crippen molar-refractivity contribution in [3.05, 3.63) is 0 Å². The maximum atomic E-state index is 11.3. The van der Waals surface area contributed by atoms with Crippen LogP contribution < -0.4 is 11.1 Å². The summed E-state index contributed by atoms with van der Waals surface area (Å²) < 4.78 is 3.51. The molecule has 1 rings (SSSR count).